The van der Waals surface area contributed by atoms with Gasteiger partial charge in [0.15, 0.2) is 0 Å². The standard InChI is InChI=1S/C11H20N2O3S/c1-11(2,3)16-9(14)12-5-7-13(8-6-12)10(17)15-4/h5-8H2,1-4H3. The Labute approximate surface area is 108 Å². The van der Waals surface area contributed by atoms with Crippen LogP contribution in [0.2, 0.25) is 0 Å². The average molecular weight is 260 g/mol. The van der Waals surface area contributed by atoms with Crippen LogP contribution in [0.25, 0.3) is 0 Å². The van der Waals surface area contributed by atoms with Gasteiger partial charge in [0.25, 0.3) is 5.17 Å². The number of ether oxygens (including phenoxy) is 2. The Morgan fingerprint density at radius 2 is 1.59 bits per heavy atom. The van der Waals surface area contributed by atoms with E-state index in [4.69, 9.17) is 21.7 Å². The van der Waals surface area contributed by atoms with E-state index < -0.39 is 5.60 Å². The molecule has 98 valence electrons. The minimum atomic E-state index is -0.448. The van der Waals surface area contributed by atoms with Gasteiger partial charge in [0, 0.05) is 26.2 Å². The first-order valence-electron chi connectivity index (χ1n) is 5.64. The lowest BCUT2D eigenvalue weighted by atomic mass is 10.2. The van der Waals surface area contributed by atoms with Gasteiger partial charge in [-0.3, -0.25) is 0 Å². The zero-order valence-corrected chi connectivity index (χ0v) is 11.7. The molecule has 0 bridgehead atoms. The Morgan fingerprint density at radius 3 is 2.00 bits per heavy atom. The molecular weight excluding hydrogens is 240 g/mol. The Kier molecular flexibility index (Phi) is 4.56. The molecule has 1 fully saturated rings. The molecule has 0 saturated carbocycles. The molecule has 6 heteroatoms. The SMILES string of the molecule is COC(=S)N1CCN(C(=O)OC(C)(C)C)CC1. The van der Waals surface area contributed by atoms with Gasteiger partial charge in [-0.2, -0.15) is 0 Å². The Bertz CT molecular complexity index is 294. The molecule has 17 heavy (non-hydrogen) atoms. The predicted molar refractivity (Wildman–Crippen MR) is 69.0 cm³/mol. The van der Waals surface area contributed by atoms with Crippen LogP contribution in [0.5, 0.6) is 0 Å². The number of piperazine rings is 1. The topological polar surface area (TPSA) is 42.0 Å². The van der Waals surface area contributed by atoms with E-state index in [1.165, 1.54) is 0 Å². The van der Waals surface area contributed by atoms with Crippen LogP contribution >= 0.6 is 12.2 Å². The first-order valence-corrected chi connectivity index (χ1v) is 6.05. The molecule has 5 nitrogen and oxygen atoms in total. The Hall–Kier alpha value is -1.04. The van der Waals surface area contributed by atoms with E-state index in [-0.39, 0.29) is 6.09 Å². The van der Waals surface area contributed by atoms with Crippen LogP contribution in [0.4, 0.5) is 4.79 Å². The van der Waals surface area contributed by atoms with Crippen molar-refractivity contribution in [1.82, 2.24) is 9.80 Å². The summed E-state index contributed by atoms with van der Waals surface area (Å²) in [6, 6.07) is 0. The van der Waals surface area contributed by atoms with Crippen molar-refractivity contribution in [3.63, 3.8) is 0 Å². The van der Waals surface area contributed by atoms with Crippen molar-refractivity contribution in [2.24, 2.45) is 0 Å². The van der Waals surface area contributed by atoms with Crippen LogP contribution in [0.1, 0.15) is 20.8 Å². The monoisotopic (exact) mass is 260 g/mol. The maximum atomic E-state index is 11.8. The fraction of sp³-hybridized carbons (Fsp3) is 0.818. The molecule has 0 aromatic heterocycles. The zero-order chi connectivity index (χ0) is 13.1. The van der Waals surface area contributed by atoms with Crippen molar-refractivity contribution in [3.8, 4) is 0 Å². The number of thiocarbonyl (C=S) groups is 1. The first-order chi connectivity index (χ1) is 7.83. The largest absolute Gasteiger partial charge is 0.474 e. The molecule has 0 radical (unpaired) electrons. The van der Waals surface area contributed by atoms with E-state index in [9.17, 15) is 4.79 Å². The second-order valence-electron chi connectivity index (χ2n) is 4.92. The third-order valence-corrected chi connectivity index (χ3v) is 2.79. The summed E-state index contributed by atoms with van der Waals surface area (Å²) >= 11 is 5.04. The normalized spacial score (nSPS) is 16.7. The van der Waals surface area contributed by atoms with Gasteiger partial charge in [-0.15, -0.1) is 0 Å². The summed E-state index contributed by atoms with van der Waals surface area (Å²) in [6.07, 6.45) is -0.263. The van der Waals surface area contributed by atoms with E-state index in [2.05, 4.69) is 0 Å². The number of carbonyl (C=O) groups is 1. The number of hydrogen-bond donors (Lipinski definition) is 0. The van der Waals surface area contributed by atoms with Crippen molar-refractivity contribution in [2.45, 2.75) is 26.4 Å². The summed E-state index contributed by atoms with van der Waals surface area (Å²) in [5.74, 6) is 0. The molecule has 0 aromatic carbocycles. The van der Waals surface area contributed by atoms with Crippen molar-refractivity contribution >= 4 is 23.5 Å². The summed E-state index contributed by atoms with van der Waals surface area (Å²) in [7, 11) is 1.56. The van der Waals surface area contributed by atoms with Crippen molar-refractivity contribution in [2.75, 3.05) is 33.3 Å². The maximum Gasteiger partial charge on any atom is 0.410 e. The fourth-order valence-electron chi connectivity index (χ4n) is 1.53. The minimum absolute atomic E-state index is 0.263. The molecule has 0 unspecified atom stereocenters. The smallest absolute Gasteiger partial charge is 0.410 e. The van der Waals surface area contributed by atoms with Crippen LogP contribution < -0.4 is 0 Å². The van der Waals surface area contributed by atoms with Crippen LogP contribution in [0.15, 0.2) is 0 Å². The second-order valence-corrected chi connectivity index (χ2v) is 5.27. The zero-order valence-electron chi connectivity index (χ0n) is 10.9. The second kappa shape index (κ2) is 5.53. The number of nitrogens with zero attached hydrogens (tertiary/aromatic N) is 2. The molecule has 1 heterocycles. The highest BCUT2D eigenvalue weighted by atomic mass is 32.1. The van der Waals surface area contributed by atoms with Crippen LogP contribution in [-0.2, 0) is 9.47 Å². The molecule has 1 saturated heterocycles. The molecule has 0 aromatic rings. The van der Waals surface area contributed by atoms with E-state index in [0.29, 0.717) is 31.4 Å². The molecule has 1 rings (SSSR count). The highest BCUT2D eigenvalue weighted by molar-refractivity contribution is 7.80. The van der Waals surface area contributed by atoms with Crippen LogP contribution in [0.3, 0.4) is 0 Å². The highest BCUT2D eigenvalue weighted by Crippen LogP contribution is 2.12. The van der Waals surface area contributed by atoms with Crippen molar-refractivity contribution < 1.29 is 14.3 Å². The summed E-state index contributed by atoms with van der Waals surface area (Å²) in [6.45, 7) is 8.18. The highest BCUT2D eigenvalue weighted by Gasteiger charge is 2.26. The van der Waals surface area contributed by atoms with Crippen LogP contribution in [-0.4, -0.2) is 60.0 Å². The maximum absolute atomic E-state index is 11.8. The summed E-state index contributed by atoms with van der Waals surface area (Å²) < 4.78 is 10.3. The quantitative estimate of drug-likeness (QED) is 0.617. The molecule has 0 aliphatic carbocycles. The molecule has 0 atom stereocenters. The third kappa shape index (κ3) is 4.38. The Morgan fingerprint density at radius 1 is 1.12 bits per heavy atom. The lowest BCUT2D eigenvalue weighted by Gasteiger charge is -2.35. The number of rotatable bonds is 0. The summed E-state index contributed by atoms with van der Waals surface area (Å²) in [5.41, 5.74) is -0.448. The van der Waals surface area contributed by atoms with Gasteiger partial charge in [0.2, 0.25) is 0 Å². The van der Waals surface area contributed by atoms with Crippen molar-refractivity contribution in [1.29, 1.82) is 0 Å². The van der Waals surface area contributed by atoms with E-state index in [1.807, 2.05) is 25.7 Å². The molecule has 1 aliphatic heterocycles. The molecule has 0 N–H and O–H groups in total. The fourth-order valence-corrected chi connectivity index (χ4v) is 1.71. The minimum Gasteiger partial charge on any atom is -0.474 e. The number of methoxy groups -OCH3 is 1. The molecule has 0 spiro atoms. The lowest BCUT2D eigenvalue weighted by molar-refractivity contribution is 0.0178. The number of amides is 1. The van der Waals surface area contributed by atoms with Gasteiger partial charge >= 0.3 is 6.09 Å². The van der Waals surface area contributed by atoms with Gasteiger partial charge in [-0.05, 0) is 33.0 Å². The predicted octanol–water partition coefficient (Wildman–Crippen LogP) is 1.47. The first kappa shape index (κ1) is 14.0. The summed E-state index contributed by atoms with van der Waals surface area (Å²) in [5, 5.41) is 0.480. The average Bonchev–Trinajstić information content (AvgIpc) is 2.26. The third-order valence-electron chi connectivity index (χ3n) is 2.36. The van der Waals surface area contributed by atoms with Gasteiger partial charge in [0.1, 0.15) is 5.60 Å². The lowest BCUT2D eigenvalue weighted by Crippen LogP contribution is -2.51. The van der Waals surface area contributed by atoms with Gasteiger partial charge in [-0.25, -0.2) is 4.79 Å². The van der Waals surface area contributed by atoms with E-state index >= 15 is 0 Å². The van der Waals surface area contributed by atoms with Crippen molar-refractivity contribution in [3.05, 3.63) is 0 Å². The summed E-state index contributed by atoms with van der Waals surface area (Å²) in [4.78, 5) is 15.4. The van der Waals surface area contributed by atoms with Crippen LogP contribution in [0, 0.1) is 0 Å². The van der Waals surface area contributed by atoms with Gasteiger partial charge < -0.3 is 19.3 Å². The molecular formula is C11H20N2O3S. The van der Waals surface area contributed by atoms with Gasteiger partial charge in [0.05, 0.1) is 7.11 Å². The number of hydrogen-bond acceptors (Lipinski definition) is 4. The molecule has 1 amide bonds. The van der Waals surface area contributed by atoms with Gasteiger partial charge in [-0.1, -0.05) is 0 Å². The van der Waals surface area contributed by atoms with E-state index in [1.54, 1.807) is 12.0 Å². The number of carbonyl (C=O) groups excluding carboxylic acids is 1. The molecule has 1 aliphatic rings. The van der Waals surface area contributed by atoms with E-state index in [0.717, 1.165) is 0 Å². The Balaban J connectivity index is 2.42.